The first-order valence-electron chi connectivity index (χ1n) is 9.88. The number of amides is 2. The van der Waals surface area contributed by atoms with E-state index in [1.807, 2.05) is 35.4 Å². The van der Waals surface area contributed by atoms with Crippen molar-refractivity contribution in [2.24, 2.45) is 0 Å². The fraction of sp³-hybridized carbons (Fsp3) is 0.524. The zero-order chi connectivity index (χ0) is 20.3. The lowest BCUT2D eigenvalue weighted by molar-refractivity contribution is -0.138. The van der Waals surface area contributed by atoms with Crippen molar-refractivity contribution in [2.45, 2.75) is 45.4 Å². The second kappa shape index (κ2) is 8.75. The van der Waals surface area contributed by atoms with Crippen LogP contribution in [0.1, 0.15) is 26.3 Å². The van der Waals surface area contributed by atoms with Crippen molar-refractivity contribution in [3.63, 3.8) is 0 Å². The molecule has 7 nitrogen and oxygen atoms in total. The molecular formula is C21H30N4O3. The lowest BCUT2D eigenvalue weighted by atomic mass is 10.0. The third-order valence-electron chi connectivity index (χ3n) is 5.35. The second-order valence-electron chi connectivity index (χ2n) is 7.79. The summed E-state index contributed by atoms with van der Waals surface area (Å²) in [6.07, 6.45) is 1.97. The van der Waals surface area contributed by atoms with Crippen LogP contribution in [0.25, 0.3) is 10.9 Å². The molecule has 1 aliphatic heterocycles. The SMILES string of the molecule is CC(=O)NC(Cc1c[nH]c2ccccc12)C(=O)N1CCN(CC(C)O)C(C)C1. The summed E-state index contributed by atoms with van der Waals surface area (Å²) in [4.78, 5) is 32.2. The largest absolute Gasteiger partial charge is 0.392 e. The molecule has 2 amide bonds. The number of carbonyl (C=O) groups is 2. The highest BCUT2D eigenvalue weighted by atomic mass is 16.3. The molecule has 0 spiro atoms. The van der Waals surface area contributed by atoms with Gasteiger partial charge in [0.1, 0.15) is 6.04 Å². The minimum Gasteiger partial charge on any atom is -0.392 e. The fourth-order valence-electron chi connectivity index (χ4n) is 3.99. The number of H-pyrrole nitrogens is 1. The van der Waals surface area contributed by atoms with Gasteiger partial charge in [-0.1, -0.05) is 18.2 Å². The fourth-order valence-corrected chi connectivity index (χ4v) is 3.99. The van der Waals surface area contributed by atoms with Gasteiger partial charge in [-0.15, -0.1) is 0 Å². The number of fused-ring (bicyclic) bond motifs is 1. The number of aliphatic hydroxyl groups excluding tert-OH is 1. The Morgan fingerprint density at radius 3 is 2.75 bits per heavy atom. The minimum atomic E-state index is -0.591. The zero-order valence-electron chi connectivity index (χ0n) is 16.8. The number of aliphatic hydroxyl groups is 1. The molecule has 0 radical (unpaired) electrons. The van der Waals surface area contributed by atoms with Crippen molar-refractivity contribution in [3.05, 3.63) is 36.0 Å². The molecular weight excluding hydrogens is 356 g/mol. The lowest BCUT2D eigenvalue weighted by Crippen LogP contribution is -2.58. The van der Waals surface area contributed by atoms with Gasteiger partial charge < -0.3 is 20.3 Å². The van der Waals surface area contributed by atoms with E-state index >= 15 is 0 Å². The monoisotopic (exact) mass is 386 g/mol. The number of piperazine rings is 1. The molecule has 0 bridgehead atoms. The van der Waals surface area contributed by atoms with E-state index in [0.717, 1.165) is 23.0 Å². The number of benzene rings is 1. The van der Waals surface area contributed by atoms with Crippen LogP contribution in [0.5, 0.6) is 0 Å². The lowest BCUT2D eigenvalue weighted by Gasteiger charge is -2.41. The first kappa shape index (κ1) is 20.4. The van der Waals surface area contributed by atoms with Crippen molar-refractivity contribution in [1.82, 2.24) is 20.1 Å². The summed E-state index contributed by atoms with van der Waals surface area (Å²) >= 11 is 0. The third-order valence-corrected chi connectivity index (χ3v) is 5.35. The number of β-amino-alcohol motifs (C(OH)–C–C–N with tert-alkyl or cyclic N) is 1. The van der Waals surface area contributed by atoms with Gasteiger partial charge in [0.2, 0.25) is 11.8 Å². The molecule has 0 aliphatic carbocycles. The summed E-state index contributed by atoms with van der Waals surface area (Å²) in [6, 6.07) is 7.53. The molecule has 1 aromatic carbocycles. The number of para-hydroxylation sites is 1. The highest BCUT2D eigenvalue weighted by molar-refractivity contribution is 5.89. The highest BCUT2D eigenvalue weighted by Crippen LogP contribution is 2.20. The Morgan fingerprint density at radius 2 is 2.07 bits per heavy atom. The maximum atomic E-state index is 13.2. The number of aromatic nitrogens is 1. The Morgan fingerprint density at radius 1 is 1.32 bits per heavy atom. The summed E-state index contributed by atoms with van der Waals surface area (Å²) in [6.45, 7) is 7.80. The molecule has 28 heavy (non-hydrogen) atoms. The van der Waals surface area contributed by atoms with Gasteiger partial charge in [0.25, 0.3) is 0 Å². The van der Waals surface area contributed by atoms with Crippen LogP contribution in [-0.2, 0) is 16.0 Å². The summed E-state index contributed by atoms with van der Waals surface area (Å²) in [5.41, 5.74) is 2.04. The van der Waals surface area contributed by atoms with E-state index in [0.29, 0.717) is 26.1 Å². The van der Waals surface area contributed by atoms with Crippen molar-refractivity contribution in [1.29, 1.82) is 0 Å². The quantitative estimate of drug-likeness (QED) is 0.694. The average Bonchev–Trinajstić information content (AvgIpc) is 3.04. The molecule has 1 fully saturated rings. The highest BCUT2D eigenvalue weighted by Gasteiger charge is 2.32. The number of carbonyl (C=O) groups excluding carboxylic acids is 2. The van der Waals surface area contributed by atoms with Crippen molar-refractivity contribution < 1.29 is 14.7 Å². The number of hydrogen-bond donors (Lipinski definition) is 3. The van der Waals surface area contributed by atoms with Crippen LogP contribution < -0.4 is 5.32 Å². The topological polar surface area (TPSA) is 88.7 Å². The maximum Gasteiger partial charge on any atom is 0.245 e. The van der Waals surface area contributed by atoms with E-state index in [1.54, 1.807) is 6.92 Å². The molecule has 1 saturated heterocycles. The van der Waals surface area contributed by atoms with E-state index < -0.39 is 12.1 Å². The second-order valence-corrected chi connectivity index (χ2v) is 7.79. The first-order valence-corrected chi connectivity index (χ1v) is 9.88. The van der Waals surface area contributed by atoms with Crippen LogP contribution in [0, 0.1) is 0 Å². The van der Waals surface area contributed by atoms with Crippen LogP contribution in [0.2, 0.25) is 0 Å². The number of nitrogens with zero attached hydrogens (tertiary/aromatic N) is 2. The van der Waals surface area contributed by atoms with Crippen molar-refractivity contribution in [3.8, 4) is 0 Å². The molecule has 3 rings (SSSR count). The molecule has 0 saturated carbocycles. The van der Waals surface area contributed by atoms with E-state index in [9.17, 15) is 14.7 Å². The number of rotatable bonds is 6. The van der Waals surface area contributed by atoms with E-state index in [2.05, 4.69) is 22.1 Å². The van der Waals surface area contributed by atoms with E-state index in [4.69, 9.17) is 0 Å². The first-order chi connectivity index (χ1) is 13.3. The van der Waals surface area contributed by atoms with Crippen LogP contribution in [0.3, 0.4) is 0 Å². The van der Waals surface area contributed by atoms with Gasteiger partial charge in [-0.05, 0) is 25.5 Å². The van der Waals surface area contributed by atoms with E-state index in [1.165, 1.54) is 6.92 Å². The van der Waals surface area contributed by atoms with Crippen molar-refractivity contribution >= 4 is 22.7 Å². The minimum absolute atomic E-state index is 0.0518. The molecule has 3 unspecified atom stereocenters. The van der Waals surface area contributed by atoms with E-state index in [-0.39, 0.29) is 17.9 Å². The van der Waals surface area contributed by atoms with Crippen LogP contribution in [-0.4, -0.2) is 76.1 Å². The number of aromatic amines is 1. The number of nitrogens with one attached hydrogen (secondary N) is 2. The van der Waals surface area contributed by atoms with Gasteiger partial charge in [0.15, 0.2) is 0 Å². The van der Waals surface area contributed by atoms with Gasteiger partial charge in [-0.3, -0.25) is 14.5 Å². The zero-order valence-corrected chi connectivity index (χ0v) is 16.8. The summed E-state index contributed by atoms with van der Waals surface area (Å²) in [5, 5.41) is 13.6. The Labute approximate surface area is 165 Å². The predicted octanol–water partition coefficient (Wildman–Crippen LogP) is 1.13. The van der Waals surface area contributed by atoms with Crippen LogP contribution in [0.15, 0.2) is 30.5 Å². The Balaban J connectivity index is 1.73. The van der Waals surface area contributed by atoms with Gasteiger partial charge >= 0.3 is 0 Å². The standard InChI is InChI=1S/C21H30N4O3/c1-14-12-25(9-8-24(14)13-15(2)26)21(28)20(23-16(3)27)10-17-11-22-19-7-5-4-6-18(17)19/h4-7,11,14-15,20,22,26H,8-10,12-13H2,1-3H3,(H,23,27). The Hall–Kier alpha value is -2.38. The summed E-state index contributed by atoms with van der Waals surface area (Å²) in [7, 11) is 0. The summed E-state index contributed by atoms with van der Waals surface area (Å²) in [5.74, 6) is -0.261. The normalized spacial score (nSPS) is 20.1. The van der Waals surface area contributed by atoms with Gasteiger partial charge in [0, 0.05) is 62.7 Å². The van der Waals surface area contributed by atoms with Gasteiger partial charge in [0.05, 0.1) is 6.10 Å². The average molecular weight is 386 g/mol. The molecule has 3 N–H and O–H groups in total. The summed E-state index contributed by atoms with van der Waals surface area (Å²) < 4.78 is 0. The van der Waals surface area contributed by atoms with Crippen LogP contribution in [0.4, 0.5) is 0 Å². The molecule has 1 aliphatic rings. The molecule has 152 valence electrons. The maximum absolute atomic E-state index is 13.2. The molecule has 2 aromatic rings. The van der Waals surface area contributed by atoms with Gasteiger partial charge in [-0.25, -0.2) is 0 Å². The Kier molecular flexibility index (Phi) is 6.36. The molecule has 7 heteroatoms. The van der Waals surface area contributed by atoms with Crippen LogP contribution >= 0.6 is 0 Å². The molecule has 3 atom stereocenters. The molecule has 2 heterocycles. The van der Waals surface area contributed by atoms with Crippen molar-refractivity contribution in [2.75, 3.05) is 26.2 Å². The smallest absolute Gasteiger partial charge is 0.245 e. The predicted molar refractivity (Wildman–Crippen MR) is 109 cm³/mol. The third kappa shape index (κ3) is 4.72. The van der Waals surface area contributed by atoms with Gasteiger partial charge in [-0.2, -0.15) is 0 Å². The molecule has 1 aromatic heterocycles. The number of hydrogen-bond acceptors (Lipinski definition) is 4. The Bertz CT molecular complexity index is 832.